The summed E-state index contributed by atoms with van der Waals surface area (Å²) in [5.41, 5.74) is 2.20. The Morgan fingerprint density at radius 1 is 0.897 bits per heavy atom. The van der Waals surface area contributed by atoms with E-state index < -0.39 is 0 Å². The van der Waals surface area contributed by atoms with Gasteiger partial charge in [-0.1, -0.05) is 19.1 Å². The van der Waals surface area contributed by atoms with Crippen LogP contribution in [0.4, 0.5) is 11.4 Å². The molecule has 2 aromatic rings. The summed E-state index contributed by atoms with van der Waals surface area (Å²) in [6.45, 7) is 3.62. The summed E-state index contributed by atoms with van der Waals surface area (Å²) in [4.78, 5) is 39.2. The first-order valence-corrected chi connectivity index (χ1v) is 10.1. The minimum atomic E-state index is -0.285. The van der Waals surface area contributed by atoms with Gasteiger partial charge in [-0.25, -0.2) is 0 Å². The van der Waals surface area contributed by atoms with Gasteiger partial charge in [0, 0.05) is 41.5 Å². The molecule has 4 rings (SSSR count). The van der Waals surface area contributed by atoms with E-state index in [9.17, 15) is 14.4 Å². The average Bonchev–Trinajstić information content (AvgIpc) is 3.22. The summed E-state index contributed by atoms with van der Waals surface area (Å²) >= 11 is 0. The third-order valence-electron chi connectivity index (χ3n) is 5.60. The largest absolute Gasteiger partial charge is 0.339 e. The van der Waals surface area contributed by atoms with Crippen molar-refractivity contribution in [2.75, 3.05) is 23.7 Å². The van der Waals surface area contributed by atoms with Crippen molar-refractivity contribution in [1.82, 2.24) is 4.90 Å². The summed E-state index contributed by atoms with van der Waals surface area (Å²) in [5, 5.41) is 5.72. The van der Waals surface area contributed by atoms with E-state index in [1.165, 1.54) is 0 Å². The molecule has 2 aromatic carbocycles. The molecule has 1 saturated carbocycles. The van der Waals surface area contributed by atoms with Crippen molar-refractivity contribution in [2.24, 2.45) is 11.8 Å². The quantitative estimate of drug-likeness (QED) is 0.814. The van der Waals surface area contributed by atoms with Crippen LogP contribution < -0.4 is 10.6 Å². The number of carbonyl (C=O) groups is 3. The Bertz CT molecular complexity index is 950. The number of amides is 3. The lowest BCUT2D eigenvalue weighted by molar-refractivity contribution is -0.117. The van der Waals surface area contributed by atoms with Gasteiger partial charge in [0.05, 0.1) is 0 Å². The molecule has 150 valence electrons. The van der Waals surface area contributed by atoms with Gasteiger partial charge in [0.25, 0.3) is 11.8 Å². The highest BCUT2D eigenvalue weighted by molar-refractivity contribution is 6.06. The molecule has 2 atom stereocenters. The van der Waals surface area contributed by atoms with Gasteiger partial charge in [-0.2, -0.15) is 0 Å². The summed E-state index contributed by atoms with van der Waals surface area (Å²) in [5.74, 6) is 0.216. The van der Waals surface area contributed by atoms with Gasteiger partial charge >= 0.3 is 0 Å². The summed E-state index contributed by atoms with van der Waals surface area (Å²) in [6.07, 6.45) is 2.99. The lowest BCUT2D eigenvalue weighted by Gasteiger charge is -2.16. The third kappa shape index (κ3) is 4.47. The fourth-order valence-corrected chi connectivity index (χ4v) is 3.70. The fourth-order valence-electron chi connectivity index (χ4n) is 3.70. The molecule has 0 spiro atoms. The molecule has 1 aliphatic heterocycles. The Balaban J connectivity index is 1.42. The number of hydrogen-bond acceptors (Lipinski definition) is 3. The number of anilines is 2. The molecule has 6 heteroatoms. The maximum atomic E-state index is 12.7. The second-order valence-corrected chi connectivity index (χ2v) is 7.92. The summed E-state index contributed by atoms with van der Waals surface area (Å²) in [6, 6.07) is 13.9. The molecule has 2 unspecified atom stereocenters. The first-order chi connectivity index (χ1) is 14.0. The van der Waals surface area contributed by atoms with E-state index in [-0.39, 0.29) is 23.6 Å². The van der Waals surface area contributed by atoms with Crippen LogP contribution in [0.15, 0.2) is 48.5 Å². The zero-order valence-electron chi connectivity index (χ0n) is 16.5. The molecule has 3 amide bonds. The van der Waals surface area contributed by atoms with Gasteiger partial charge in [0.2, 0.25) is 5.91 Å². The highest BCUT2D eigenvalue weighted by Crippen LogP contribution is 2.38. The first-order valence-electron chi connectivity index (χ1n) is 10.1. The lowest BCUT2D eigenvalue weighted by atomic mass is 10.1. The normalized spacial score (nSPS) is 20.2. The maximum Gasteiger partial charge on any atom is 0.255 e. The number of nitrogens with zero attached hydrogens (tertiary/aromatic N) is 1. The lowest BCUT2D eigenvalue weighted by Crippen LogP contribution is -2.27. The highest BCUT2D eigenvalue weighted by Gasteiger charge is 2.39. The predicted molar refractivity (Wildman–Crippen MR) is 112 cm³/mol. The van der Waals surface area contributed by atoms with E-state index in [0.717, 1.165) is 32.4 Å². The monoisotopic (exact) mass is 391 g/mol. The van der Waals surface area contributed by atoms with E-state index in [4.69, 9.17) is 0 Å². The first kappa shape index (κ1) is 19.2. The van der Waals surface area contributed by atoms with Crippen LogP contribution in [-0.4, -0.2) is 35.7 Å². The number of likely N-dealkylation sites (tertiary alicyclic amines) is 1. The Labute approximate surface area is 170 Å². The molecule has 1 heterocycles. The highest BCUT2D eigenvalue weighted by atomic mass is 16.2. The molecule has 2 fully saturated rings. The minimum Gasteiger partial charge on any atom is -0.339 e. The molecular weight excluding hydrogens is 366 g/mol. The maximum absolute atomic E-state index is 12.7. The van der Waals surface area contributed by atoms with Crippen LogP contribution in [0.2, 0.25) is 0 Å². The number of carbonyl (C=O) groups excluding carboxylic acids is 3. The van der Waals surface area contributed by atoms with Gasteiger partial charge < -0.3 is 15.5 Å². The van der Waals surface area contributed by atoms with Crippen LogP contribution in [0, 0.1) is 11.8 Å². The molecule has 2 aliphatic rings. The van der Waals surface area contributed by atoms with Crippen molar-refractivity contribution in [2.45, 2.75) is 26.2 Å². The second-order valence-electron chi connectivity index (χ2n) is 7.92. The number of hydrogen-bond donors (Lipinski definition) is 2. The topological polar surface area (TPSA) is 78.5 Å². The molecule has 2 N–H and O–H groups in total. The Kier molecular flexibility index (Phi) is 5.34. The second kappa shape index (κ2) is 8.07. The molecule has 1 aliphatic carbocycles. The zero-order valence-corrected chi connectivity index (χ0v) is 16.5. The van der Waals surface area contributed by atoms with Gasteiger partial charge in [-0.3, -0.25) is 14.4 Å². The number of rotatable bonds is 5. The molecule has 1 saturated heterocycles. The molecule has 6 nitrogen and oxygen atoms in total. The van der Waals surface area contributed by atoms with Crippen molar-refractivity contribution < 1.29 is 14.4 Å². The van der Waals surface area contributed by atoms with E-state index in [1.807, 2.05) is 4.90 Å². The number of nitrogens with one attached hydrogen (secondary N) is 2. The van der Waals surface area contributed by atoms with Crippen LogP contribution in [0.3, 0.4) is 0 Å². The van der Waals surface area contributed by atoms with Gasteiger partial charge in [-0.15, -0.1) is 0 Å². The predicted octanol–water partition coefficient (Wildman–Crippen LogP) is 3.77. The van der Waals surface area contributed by atoms with Crippen molar-refractivity contribution in [3.63, 3.8) is 0 Å². The van der Waals surface area contributed by atoms with Crippen LogP contribution in [0.1, 0.15) is 46.9 Å². The minimum absolute atomic E-state index is 0.00221. The van der Waals surface area contributed by atoms with E-state index in [0.29, 0.717) is 28.4 Å². The summed E-state index contributed by atoms with van der Waals surface area (Å²) in [7, 11) is 0. The smallest absolute Gasteiger partial charge is 0.255 e. The fraction of sp³-hybridized carbons (Fsp3) is 0.348. The van der Waals surface area contributed by atoms with E-state index >= 15 is 0 Å². The Morgan fingerprint density at radius 2 is 1.48 bits per heavy atom. The van der Waals surface area contributed by atoms with Crippen molar-refractivity contribution in [3.05, 3.63) is 59.7 Å². The Hall–Kier alpha value is -3.15. The summed E-state index contributed by atoms with van der Waals surface area (Å²) < 4.78 is 0. The van der Waals surface area contributed by atoms with Crippen molar-refractivity contribution >= 4 is 29.1 Å². The molecule has 29 heavy (non-hydrogen) atoms. The SMILES string of the molecule is CC1CC1C(=O)Nc1cccc(C(=O)Nc2cccc(C(=O)N3CCCC3)c2)c1. The van der Waals surface area contributed by atoms with Gasteiger partial charge in [0.1, 0.15) is 0 Å². The van der Waals surface area contributed by atoms with Crippen molar-refractivity contribution in [1.29, 1.82) is 0 Å². The molecular formula is C23H25N3O3. The van der Waals surface area contributed by atoms with Gasteiger partial charge in [0.15, 0.2) is 0 Å². The van der Waals surface area contributed by atoms with Crippen LogP contribution in [0.5, 0.6) is 0 Å². The van der Waals surface area contributed by atoms with Crippen LogP contribution in [0.25, 0.3) is 0 Å². The standard InChI is InChI=1S/C23H25N3O3/c1-15-12-20(15)22(28)25-18-8-4-6-16(13-18)21(27)24-19-9-5-7-17(14-19)23(29)26-10-2-3-11-26/h4-9,13-15,20H,2-3,10-12H2,1H3,(H,24,27)(H,25,28). The van der Waals surface area contributed by atoms with E-state index in [1.54, 1.807) is 48.5 Å². The average molecular weight is 391 g/mol. The molecule has 0 radical (unpaired) electrons. The Morgan fingerprint density at radius 3 is 2.14 bits per heavy atom. The van der Waals surface area contributed by atoms with E-state index in [2.05, 4.69) is 17.6 Å². The van der Waals surface area contributed by atoms with Crippen LogP contribution in [-0.2, 0) is 4.79 Å². The van der Waals surface area contributed by atoms with Crippen LogP contribution >= 0.6 is 0 Å². The molecule has 0 aromatic heterocycles. The third-order valence-corrected chi connectivity index (χ3v) is 5.60. The van der Waals surface area contributed by atoms with Gasteiger partial charge in [-0.05, 0) is 61.6 Å². The molecule has 0 bridgehead atoms. The number of benzene rings is 2. The zero-order chi connectivity index (χ0) is 20.4. The van der Waals surface area contributed by atoms with Crippen molar-refractivity contribution in [3.8, 4) is 0 Å².